The monoisotopic (exact) mass is 481 g/mol. The standard InChI is InChI=1S/C27H26F3N3O2/c28-10-14-35-32-26(21-5-6-24(29)25(30)15-21)20-3-1-19(2-4-20)17-33-12-8-27(9-13-33)23-16-31-11-7-22(23)18-34-27/h1-7,11,15-16H,8-10,12-14,17-18H2. The van der Waals surface area contributed by atoms with Crippen molar-refractivity contribution in [3.63, 3.8) is 0 Å². The van der Waals surface area contributed by atoms with Crippen LogP contribution in [0.1, 0.15) is 40.7 Å². The fourth-order valence-corrected chi connectivity index (χ4v) is 4.83. The van der Waals surface area contributed by atoms with Gasteiger partial charge in [-0.2, -0.15) is 0 Å². The molecule has 0 atom stereocenters. The topological polar surface area (TPSA) is 47.0 Å². The summed E-state index contributed by atoms with van der Waals surface area (Å²) in [7, 11) is 0. The van der Waals surface area contributed by atoms with Crippen LogP contribution in [0.2, 0.25) is 0 Å². The van der Waals surface area contributed by atoms with Gasteiger partial charge in [0.2, 0.25) is 0 Å². The minimum absolute atomic E-state index is 0.216. The van der Waals surface area contributed by atoms with Gasteiger partial charge in [-0.25, -0.2) is 13.2 Å². The first-order chi connectivity index (χ1) is 17.1. The molecule has 1 fully saturated rings. The van der Waals surface area contributed by atoms with Gasteiger partial charge in [-0.05, 0) is 48.2 Å². The van der Waals surface area contributed by atoms with Crippen LogP contribution < -0.4 is 0 Å². The third-order valence-electron chi connectivity index (χ3n) is 6.72. The van der Waals surface area contributed by atoms with Gasteiger partial charge >= 0.3 is 0 Å². The molecule has 0 unspecified atom stereocenters. The Morgan fingerprint density at radius 2 is 1.80 bits per heavy atom. The molecule has 1 saturated heterocycles. The highest BCUT2D eigenvalue weighted by molar-refractivity contribution is 6.12. The number of fused-ring (bicyclic) bond motifs is 2. The Hall–Kier alpha value is -3.23. The highest BCUT2D eigenvalue weighted by Gasteiger charge is 2.42. The van der Waals surface area contributed by atoms with E-state index in [0.717, 1.165) is 50.2 Å². The van der Waals surface area contributed by atoms with Gasteiger partial charge < -0.3 is 9.57 Å². The molecule has 0 N–H and O–H groups in total. The van der Waals surface area contributed by atoms with Crippen molar-refractivity contribution in [2.75, 3.05) is 26.4 Å². The zero-order valence-electron chi connectivity index (χ0n) is 19.2. The molecule has 3 heterocycles. The normalized spacial score (nSPS) is 17.5. The van der Waals surface area contributed by atoms with Crippen molar-refractivity contribution in [2.45, 2.75) is 31.6 Å². The van der Waals surface area contributed by atoms with E-state index in [1.54, 1.807) is 0 Å². The number of piperidine rings is 1. The van der Waals surface area contributed by atoms with Crippen LogP contribution in [0.15, 0.2) is 66.1 Å². The summed E-state index contributed by atoms with van der Waals surface area (Å²) in [5, 5.41) is 3.99. The average Bonchev–Trinajstić information content (AvgIpc) is 3.24. The Balaban J connectivity index is 1.27. The van der Waals surface area contributed by atoms with E-state index < -0.39 is 18.3 Å². The zero-order chi connectivity index (χ0) is 24.3. The molecule has 35 heavy (non-hydrogen) atoms. The van der Waals surface area contributed by atoms with Crippen molar-refractivity contribution in [2.24, 2.45) is 5.16 Å². The number of aromatic nitrogens is 1. The van der Waals surface area contributed by atoms with Crippen LogP contribution in [0.3, 0.4) is 0 Å². The number of halogens is 3. The smallest absolute Gasteiger partial charge is 0.159 e. The molecule has 182 valence electrons. The first-order valence-corrected chi connectivity index (χ1v) is 11.7. The molecule has 1 spiro atoms. The lowest BCUT2D eigenvalue weighted by Crippen LogP contribution is -2.42. The predicted molar refractivity (Wildman–Crippen MR) is 126 cm³/mol. The quantitative estimate of drug-likeness (QED) is 0.267. The first-order valence-electron chi connectivity index (χ1n) is 11.7. The number of alkyl halides is 1. The summed E-state index contributed by atoms with van der Waals surface area (Å²) in [5.41, 5.74) is 4.69. The number of pyridine rings is 1. The van der Waals surface area contributed by atoms with Crippen LogP contribution in [0.25, 0.3) is 0 Å². The van der Waals surface area contributed by atoms with Gasteiger partial charge in [-0.1, -0.05) is 29.4 Å². The van der Waals surface area contributed by atoms with Crippen LogP contribution in [0.4, 0.5) is 13.2 Å². The Kier molecular flexibility index (Phi) is 6.83. The Morgan fingerprint density at radius 1 is 1.03 bits per heavy atom. The molecule has 1 aromatic heterocycles. The van der Waals surface area contributed by atoms with Gasteiger partial charge in [-0.3, -0.25) is 9.88 Å². The number of hydrogen-bond donors (Lipinski definition) is 0. The van der Waals surface area contributed by atoms with E-state index >= 15 is 0 Å². The molecule has 0 saturated carbocycles. The number of nitrogens with zero attached hydrogens (tertiary/aromatic N) is 3. The molecule has 0 radical (unpaired) electrons. The minimum Gasteiger partial charge on any atom is -0.392 e. The van der Waals surface area contributed by atoms with Crippen LogP contribution in [0.5, 0.6) is 0 Å². The molecule has 2 aliphatic heterocycles. The van der Waals surface area contributed by atoms with Crippen molar-refractivity contribution in [3.05, 3.63) is 100 Å². The summed E-state index contributed by atoms with van der Waals surface area (Å²) in [5.74, 6) is -1.93. The summed E-state index contributed by atoms with van der Waals surface area (Å²) in [6, 6.07) is 13.2. The van der Waals surface area contributed by atoms with E-state index in [9.17, 15) is 13.2 Å². The van der Waals surface area contributed by atoms with Crippen LogP contribution in [-0.4, -0.2) is 42.0 Å². The Morgan fingerprint density at radius 3 is 2.54 bits per heavy atom. The van der Waals surface area contributed by atoms with E-state index in [4.69, 9.17) is 9.57 Å². The molecular weight excluding hydrogens is 455 g/mol. The van der Waals surface area contributed by atoms with Gasteiger partial charge in [0.05, 0.1) is 12.2 Å². The van der Waals surface area contributed by atoms with E-state index in [1.807, 2.05) is 42.7 Å². The lowest BCUT2D eigenvalue weighted by atomic mass is 9.84. The molecule has 5 rings (SSSR count). The molecular formula is C27H26F3N3O2. The minimum atomic E-state index is -0.982. The number of benzene rings is 2. The zero-order valence-corrected chi connectivity index (χ0v) is 19.2. The van der Waals surface area contributed by atoms with Crippen molar-refractivity contribution in [1.82, 2.24) is 9.88 Å². The largest absolute Gasteiger partial charge is 0.392 e. The Bertz CT molecular complexity index is 1210. The summed E-state index contributed by atoms with van der Waals surface area (Å²) < 4.78 is 45.9. The maximum Gasteiger partial charge on any atom is 0.159 e. The van der Waals surface area contributed by atoms with Crippen LogP contribution in [0, 0.1) is 11.6 Å². The van der Waals surface area contributed by atoms with Gasteiger partial charge in [0.15, 0.2) is 11.6 Å². The maximum atomic E-state index is 13.8. The highest BCUT2D eigenvalue weighted by Crippen LogP contribution is 2.43. The van der Waals surface area contributed by atoms with Gasteiger partial charge in [0.25, 0.3) is 0 Å². The summed E-state index contributed by atoms with van der Waals surface area (Å²) >= 11 is 0. The lowest BCUT2D eigenvalue weighted by Gasteiger charge is -2.39. The second kappa shape index (κ2) is 10.2. The lowest BCUT2D eigenvalue weighted by molar-refractivity contribution is -0.0800. The second-order valence-electron chi connectivity index (χ2n) is 8.88. The van der Waals surface area contributed by atoms with E-state index in [-0.39, 0.29) is 12.2 Å². The molecule has 3 aromatic rings. The van der Waals surface area contributed by atoms with E-state index in [0.29, 0.717) is 23.4 Å². The summed E-state index contributed by atoms with van der Waals surface area (Å²) in [6.45, 7) is 2.34. The molecule has 5 nitrogen and oxygen atoms in total. The number of ether oxygens (including phenoxy) is 1. The average molecular weight is 482 g/mol. The molecule has 0 amide bonds. The maximum absolute atomic E-state index is 13.8. The molecule has 0 bridgehead atoms. The van der Waals surface area contributed by atoms with Gasteiger partial charge in [0.1, 0.15) is 19.0 Å². The summed E-state index contributed by atoms with van der Waals surface area (Å²) in [4.78, 5) is 11.7. The second-order valence-corrected chi connectivity index (χ2v) is 8.88. The highest BCUT2D eigenvalue weighted by atomic mass is 19.2. The molecule has 2 aliphatic rings. The number of hydrogen-bond acceptors (Lipinski definition) is 5. The van der Waals surface area contributed by atoms with Crippen molar-refractivity contribution in [1.29, 1.82) is 0 Å². The fraction of sp³-hybridized carbons (Fsp3) is 0.333. The third kappa shape index (κ3) is 4.94. The third-order valence-corrected chi connectivity index (χ3v) is 6.72. The molecule has 2 aromatic carbocycles. The van der Waals surface area contributed by atoms with Gasteiger partial charge in [-0.15, -0.1) is 0 Å². The van der Waals surface area contributed by atoms with Crippen molar-refractivity contribution >= 4 is 5.71 Å². The SMILES string of the molecule is FCCON=C(c1ccc(CN2CCC3(CC2)OCc2ccncc23)cc1)c1ccc(F)c(F)c1. The van der Waals surface area contributed by atoms with Crippen LogP contribution in [-0.2, 0) is 28.3 Å². The predicted octanol–water partition coefficient (Wildman–Crippen LogP) is 5.12. The number of rotatable bonds is 7. The van der Waals surface area contributed by atoms with E-state index in [1.165, 1.54) is 17.2 Å². The fourth-order valence-electron chi connectivity index (χ4n) is 4.83. The number of likely N-dealkylation sites (tertiary alicyclic amines) is 1. The van der Waals surface area contributed by atoms with E-state index in [2.05, 4.69) is 15.0 Å². The van der Waals surface area contributed by atoms with Crippen molar-refractivity contribution < 1.29 is 22.7 Å². The van der Waals surface area contributed by atoms with Crippen molar-refractivity contribution in [3.8, 4) is 0 Å². The number of oxime groups is 1. The van der Waals surface area contributed by atoms with Gasteiger partial charge in [0, 0.05) is 48.7 Å². The first kappa shape index (κ1) is 23.5. The summed E-state index contributed by atoms with van der Waals surface area (Å²) in [6.07, 6.45) is 5.60. The molecule has 0 aliphatic carbocycles. The van der Waals surface area contributed by atoms with Crippen LogP contribution >= 0.6 is 0 Å². The molecule has 8 heteroatoms. The Labute approximate surface area is 202 Å².